The summed E-state index contributed by atoms with van der Waals surface area (Å²) < 4.78 is 4.98. The monoisotopic (exact) mass is 216 g/mol. The molecule has 15 heavy (non-hydrogen) atoms. The number of rotatable bonds is 5. The zero-order valence-electron chi connectivity index (χ0n) is 9.78. The van der Waals surface area contributed by atoms with Crippen molar-refractivity contribution in [2.24, 2.45) is 5.92 Å². The van der Waals surface area contributed by atoms with Crippen LogP contribution < -0.4 is 0 Å². The molecule has 0 aliphatic heterocycles. The quantitative estimate of drug-likeness (QED) is 0.528. The van der Waals surface area contributed by atoms with Gasteiger partial charge in [0, 0.05) is 11.5 Å². The summed E-state index contributed by atoms with van der Waals surface area (Å²) in [5.41, 5.74) is 1.50. The topological polar surface area (TPSA) is 66.8 Å². The van der Waals surface area contributed by atoms with Crippen LogP contribution in [-0.4, -0.2) is 35.5 Å². The van der Waals surface area contributed by atoms with Gasteiger partial charge in [-0.1, -0.05) is 12.5 Å². The van der Waals surface area contributed by atoms with Crippen LogP contribution in [0.15, 0.2) is 11.1 Å². The third-order valence-electron chi connectivity index (χ3n) is 2.38. The number of hydrogen-bond acceptors (Lipinski definition) is 4. The number of carbonyl (C=O) groups excluding carboxylic acids is 1. The Kier molecular flexibility index (Phi) is 6.20. The Morgan fingerprint density at radius 1 is 1.33 bits per heavy atom. The van der Waals surface area contributed by atoms with E-state index in [2.05, 4.69) is 0 Å². The van der Waals surface area contributed by atoms with E-state index in [9.17, 15) is 9.90 Å². The summed E-state index contributed by atoms with van der Waals surface area (Å²) >= 11 is 0. The predicted molar refractivity (Wildman–Crippen MR) is 57.3 cm³/mol. The highest BCUT2D eigenvalue weighted by molar-refractivity contribution is 5.88. The number of ether oxygens (including phenoxy) is 1. The average molecular weight is 216 g/mol. The van der Waals surface area contributed by atoms with Gasteiger partial charge in [0.15, 0.2) is 0 Å². The molecule has 0 bridgehead atoms. The van der Waals surface area contributed by atoms with Gasteiger partial charge in [0.2, 0.25) is 0 Å². The molecule has 0 saturated carbocycles. The molecule has 0 saturated heterocycles. The van der Waals surface area contributed by atoms with Crippen molar-refractivity contribution >= 4 is 5.97 Å². The van der Waals surface area contributed by atoms with E-state index in [-0.39, 0.29) is 25.1 Å². The van der Waals surface area contributed by atoms with E-state index in [0.29, 0.717) is 5.57 Å². The first-order chi connectivity index (χ1) is 6.90. The Bertz CT molecular complexity index is 241. The molecule has 4 heteroatoms. The maximum atomic E-state index is 11.4. The summed E-state index contributed by atoms with van der Waals surface area (Å²) in [5, 5.41) is 17.9. The van der Waals surface area contributed by atoms with Crippen molar-refractivity contribution in [1.82, 2.24) is 0 Å². The van der Waals surface area contributed by atoms with Gasteiger partial charge in [0.25, 0.3) is 0 Å². The molecular formula is C11H20O4. The normalized spacial score (nSPS) is 14.3. The molecule has 4 nitrogen and oxygen atoms in total. The summed E-state index contributed by atoms with van der Waals surface area (Å²) in [6.07, 6.45) is -0.843. The van der Waals surface area contributed by atoms with Crippen LogP contribution in [0.4, 0.5) is 0 Å². The highest BCUT2D eigenvalue weighted by Gasteiger charge is 2.16. The van der Waals surface area contributed by atoms with Crippen molar-refractivity contribution in [3.8, 4) is 0 Å². The molecule has 0 aromatic carbocycles. The van der Waals surface area contributed by atoms with Crippen LogP contribution in [0.1, 0.15) is 27.7 Å². The highest BCUT2D eigenvalue weighted by atomic mass is 16.5. The average Bonchev–Trinajstić information content (AvgIpc) is 2.22. The number of aliphatic hydroxyl groups excluding tert-OH is 2. The van der Waals surface area contributed by atoms with Crippen LogP contribution in [0, 0.1) is 5.92 Å². The number of esters is 1. The second kappa shape index (κ2) is 6.58. The summed E-state index contributed by atoms with van der Waals surface area (Å²) in [5.74, 6) is -0.629. The molecular weight excluding hydrogens is 196 g/mol. The molecule has 0 radical (unpaired) electrons. The predicted octanol–water partition coefficient (Wildman–Crippen LogP) is 0.875. The van der Waals surface area contributed by atoms with Crippen LogP contribution in [-0.2, 0) is 9.53 Å². The van der Waals surface area contributed by atoms with Gasteiger partial charge in [0.1, 0.15) is 0 Å². The Hall–Kier alpha value is -0.870. The minimum Gasteiger partial charge on any atom is -0.462 e. The molecule has 2 unspecified atom stereocenters. The zero-order chi connectivity index (χ0) is 12.0. The number of allylic oxidation sites excluding steroid dienone is 1. The van der Waals surface area contributed by atoms with Gasteiger partial charge < -0.3 is 14.9 Å². The molecule has 2 N–H and O–H groups in total. The molecule has 0 rings (SSSR count). The second-order valence-corrected chi connectivity index (χ2v) is 3.95. The summed E-state index contributed by atoms with van der Waals surface area (Å²) in [6, 6.07) is 0. The van der Waals surface area contributed by atoms with Gasteiger partial charge >= 0.3 is 5.97 Å². The third kappa shape index (κ3) is 4.95. The van der Waals surface area contributed by atoms with Crippen LogP contribution >= 0.6 is 0 Å². The molecule has 0 aliphatic carbocycles. The molecule has 0 aromatic heterocycles. The molecule has 0 aromatic rings. The number of hydrogen-bond donors (Lipinski definition) is 2. The minimum absolute atomic E-state index is 0.116. The van der Waals surface area contributed by atoms with E-state index in [0.717, 1.165) is 5.57 Å². The van der Waals surface area contributed by atoms with E-state index in [4.69, 9.17) is 9.84 Å². The van der Waals surface area contributed by atoms with Gasteiger partial charge in [-0.25, -0.2) is 4.79 Å². The Morgan fingerprint density at radius 3 is 2.27 bits per heavy atom. The Balaban J connectivity index is 4.07. The standard InChI is InChI=1S/C11H20O4/c1-7(2)9(4)11(14)15-6-8(3)10(13)5-12/h8,10,12-13H,5-6H2,1-4H3. The molecule has 0 heterocycles. The van der Waals surface area contributed by atoms with Gasteiger partial charge in [0.05, 0.1) is 19.3 Å². The minimum atomic E-state index is -0.843. The van der Waals surface area contributed by atoms with E-state index >= 15 is 0 Å². The first-order valence-electron chi connectivity index (χ1n) is 5.00. The maximum absolute atomic E-state index is 11.4. The van der Waals surface area contributed by atoms with Gasteiger partial charge in [-0.15, -0.1) is 0 Å². The third-order valence-corrected chi connectivity index (χ3v) is 2.38. The van der Waals surface area contributed by atoms with Crippen LogP contribution in [0.2, 0.25) is 0 Å². The lowest BCUT2D eigenvalue weighted by Crippen LogP contribution is -2.27. The molecule has 0 aliphatic rings. The maximum Gasteiger partial charge on any atom is 0.333 e. The van der Waals surface area contributed by atoms with E-state index in [1.165, 1.54) is 0 Å². The van der Waals surface area contributed by atoms with Gasteiger partial charge in [-0.2, -0.15) is 0 Å². The molecule has 2 atom stereocenters. The second-order valence-electron chi connectivity index (χ2n) is 3.95. The lowest BCUT2D eigenvalue weighted by atomic mass is 10.1. The Morgan fingerprint density at radius 2 is 1.87 bits per heavy atom. The first kappa shape index (κ1) is 14.1. The highest BCUT2D eigenvalue weighted by Crippen LogP contribution is 2.08. The van der Waals surface area contributed by atoms with E-state index in [1.54, 1.807) is 13.8 Å². The van der Waals surface area contributed by atoms with Crippen molar-refractivity contribution in [1.29, 1.82) is 0 Å². The van der Waals surface area contributed by atoms with Crippen LogP contribution in [0.25, 0.3) is 0 Å². The van der Waals surface area contributed by atoms with Crippen molar-refractivity contribution in [3.63, 3.8) is 0 Å². The van der Waals surface area contributed by atoms with E-state index in [1.807, 2.05) is 13.8 Å². The van der Waals surface area contributed by atoms with Gasteiger partial charge in [-0.3, -0.25) is 0 Å². The van der Waals surface area contributed by atoms with E-state index < -0.39 is 6.10 Å². The molecule has 88 valence electrons. The fourth-order valence-corrected chi connectivity index (χ4v) is 0.811. The van der Waals surface area contributed by atoms with Crippen molar-refractivity contribution in [2.75, 3.05) is 13.2 Å². The molecule has 0 fully saturated rings. The van der Waals surface area contributed by atoms with Crippen molar-refractivity contribution in [2.45, 2.75) is 33.8 Å². The SMILES string of the molecule is CC(C)=C(C)C(=O)OCC(C)C(O)CO. The molecule has 0 spiro atoms. The number of aliphatic hydroxyl groups is 2. The summed E-state index contributed by atoms with van der Waals surface area (Å²) in [6.45, 7) is 6.88. The first-order valence-corrected chi connectivity index (χ1v) is 5.00. The number of carbonyl (C=O) groups is 1. The van der Waals surface area contributed by atoms with Crippen molar-refractivity contribution < 1.29 is 19.7 Å². The van der Waals surface area contributed by atoms with Gasteiger partial charge in [-0.05, 0) is 20.8 Å². The zero-order valence-corrected chi connectivity index (χ0v) is 9.78. The fourth-order valence-electron chi connectivity index (χ4n) is 0.811. The fraction of sp³-hybridized carbons (Fsp3) is 0.727. The lowest BCUT2D eigenvalue weighted by molar-refractivity contribution is -0.141. The summed E-state index contributed by atoms with van der Waals surface area (Å²) in [7, 11) is 0. The van der Waals surface area contributed by atoms with Crippen molar-refractivity contribution in [3.05, 3.63) is 11.1 Å². The largest absolute Gasteiger partial charge is 0.462 e. The Labute approximate surface area is 90.6 Å². The smallest absolute Gasteiger partial charge is 0.333 e. The van der Waals surface area contributed by atoms with Crippen LogP contribution in [0.3, 0.4) is 0 Å². The molecule has 0 amide bonds. The summed E-state index contributed by atoms with van der Waals surface area (Å²) in [4.78, 5) is 11.4. The lowest BCUT2D eigenvalue weighted by Gasteiger charge is -2.16. The van der Waals surface area contributed by atoms with Crippen LogP contribution in [0.5, 0.6) is 0 Å².